The Balaban J connectivity index is 2.86. The summed E-state index contributed by atoms with van der Waals surface area (Å²) in [6, 6.07) is 0. The summed E-state index contributed by atoms with van der Waals surface area (Å²) in [5.74, 6) is -0.559. The minimum absolute atomic E-state index is 0.350. The average Bonchev–Trinajstić information content (AvgIpc) is 2.34. The van der Waals surface area contributed by atoms with Crippen molar-refractivity contribution in [2.24, 2.45) is 0 Å². The Labute approximate surface area is 139 Å². The molecular weight excluding hydrogens is 297 g/mol. The number of rotatable bonds is 4. The third-order valence-corrected chi connectivity index (χ3v) is 4.09. The highest BCUT2D eigenvalue weighted by atomic mass is 16.6. The molecule has 1 heterocycles. The molecule has 0 aromatic carbocycles. The first kappa shape index (κ1) is 20.0. The van der Waals surface area contributed by atoms with Crippen LogP contribution in [0.25, 0.3) is 0 Å². The summed E-state index contributed by atoms with van der Waals surface area (Å²) in [5.41, 5.74) is -2.73. The summed E-state index contributed by atoms with van der Waals surface area (Å²) in [7, 11) is -1.23. The zero-order chi connectivity index (χ0) is 18.1. The van der Waals surface area contributed by atoms with Crippen molar-refractivity contribution in [1.29, 1.82) is 0 Å². The number of amides is 1. The Morgan fingerprint density at radius 3 is 2.22 bits per heavy atom. The van der Waals surface area contributed by atoms with Gasteiger partial charge in [-0.2, -0.15) is 0 Å². The highest BCUT2D eigenvalue weighted by Gasteiger charge is 2.44. The minimum atomic E-state index is -1.23. The van der Waals surface area contributed by atoms with E-state index in [4.69, 9.17) is 9.39 Å². The van der Waals surface area contributed by atoms with E-state index < -0.39 is 36.0 Å². The lowest BCUT2D eigenvalue weighted by molar-refractivity contribution is -0.103. The van der Waals surface area contributed by atoms with Gasteiger partial charge in [0, 0.05) is 6.54 Å². The molecule has 0 saturated heterocycles. The summed E-state index contributed by atoms with van der Waals surface area (Å²) in [6.45, 7) is 12.4. The molecule has 0 saturated carbocycles. The highest BCUT2D eigenvalue weighted by molar-refractivity contribution is 6.45. The van der Waals surface area contributed by atoms with Crippen molar-refractivity contribution < 1.29 is 24.3 Å². The minimum Gasteiger partial charge on any atom is -0.444 e. The van der Waals surface area contributed by atoms with Crippen LogP contribution in [0.15, 0.2) is 12.2 Å². The van der Waals surface area contributed by atoms with E-state index in [1.165, 1.54) is 4.90 Å². The fraction of sp³-hybridized carbons (Fsp3) is 0.812. The Morgan fingerprint density at radius 1 is 1.17 bits per heavy atom. The number of hydrogen-bond donors (Lipinski definition) is 2. The summed E-state index contributed by atoms with van der Waals surface area (Å²) >= 11 is 0. The molecule has 1 unspecified atom stereocenters. The van der Waals surface area contributed by atoms with E-state index in [1.54, 1.807) is 48.5 Å². The zero-order valence-corrected chi connectivity index (χ0v) is 15.3. The molecule has 1 aliphatic rings. The molecule has 6 nitrogen and oxygen atoms in total. The number of ether oxygens (including phenoxy) is 1. The first-order valence-electron chi connectivity index (χ1n) is 7.97. The van der Waals surface area contributed by atoms with E-state index in [0.29, 0.717) is 13.0 Å². The standard InChI is InChI=1S/C16H30BNO5/c1-14(2,3)22-13(19)18-11-9-8-10-12(18)17(21)23-16(6,7)15(4,5)20/h8-9,12,20-21H,10-11H2,1-7H3. The van der Waals surface area contributed by atoms with Crippen LogP contribution in [0, 0.1) is 0 Å². The molecule has 0 bridgehead atoms. The number of aliphatic hydroxyl groups is 1. The fourth-order valence-electron chi connectivity index (χ4n) is 2.01. The Kier molecular flexibility index (Phi) is 5.94. The number of carbonyl (C=O) groups excluding carboxylic acids is 1. The van der Waals surface area contributed by atoms with Crippen molar-refractivity contribution in [3.63, 3.8) is 0 Å². The van der Waals surface area contributed by atoms with Crippen LogP contribution < -0.4 is 0 Å². The van der Waals surface area contributed by atoms with Crippen molar-refractivity contribution in [3.8, 4) is 0 Å². The second-order valence-corrected chi connectivity index (χ2v) is 7.98. The predicted molar refractivity (Wildman–Crippen MR) is 89.9 cm³/mol. The topological polar surface area (TPSA) is 79.2 Å². The maximum absolute atomic E-state index is 12.3. The van der Waals surface area contributed by atoms with E-state index in [2.05, 4.69) is 0 Å². The van der Waals surface area contributed by atoms with Crippen molar-refractivity contribution in [2.45, 2.75) is 77.6 Å². The summed E-state index contributed by atoms with van der Waals surface area (Å²) < 4.78 is 11.1. The molecule has 1 amide bonds. The molecule has 0 fully saturated rings. The highest BCUT2D eigenvalue weighted by Crippen LogP contribution is 2.28. The van der Waals surface area contributed by atoms with Crippen LogP contribution in [0.2, 0.25) is 0 Å². The molecule has 132 valence electrons. The van der Waals surface area contributed by atoms with E-state index in [1.807, 2.05) is 12.2 Å². The van der Waals surface area contributed by atoms with Crippen LogP contribution >= 0.6 is 0 Å². The lowest BCUT2D eigenvalue weighted by Gasteiger charge is -2.41. The molecule has 0 radical (unpaired) electrons. The van der Waals surface area contributed by atoms with Gasteiger partial charge in [0.25, 0.3) is 0 Å². The lowest BCUT2D eigenvalue weighted by Crippen LogP contribution is -2.58. The summed E-state index contributed by atoms with van der Waals surface area (Å²) in [6.07, 6.45) is 3.72. The van der Waals surface area contributed by atoms with E-state index in [0.717, 1.165) is 0 Å². The third-order valence-electron chi connectivity index (χ3n) is 4.09. The van der Waals surface area contributed by atoms with Crippen molar-refractivity contribution in [3.05, 3.63) is 12.2 Å². The SMILES string of the molecule is CC(C)(C)OC(=O)N1CC=CCC1B(O)OC(C)(C)C(C)(C)O. The van der Waals surface area contributed by atoms with Crippen LogP contribution in [-0.2, 0) is 9.39 Å². The molecule has 1 atom stereocenters. The van der Waals surface area contributed by atoms with Crippen LogP contribution in [0.4, 0.5) is 4.79 Å². The molecule has 1 aliphatic heterocycles. The number of carbonyl (C=O) groups is 1. The second kappa shape index (κ2) is 6.83. The largest absolute Gasteiger partial charge is 0.479 e. The molecule has 0 aliphatic carbocycles. The lowest BCUT2D eigenvalue weighted by atomic mass is 9.72. The zero-order valence-electron chi connectivity index (χ0n) is 15.3. The van der Waals surface area contributed by atoms with Gasteiger partial charge in [-0.1, -0.05) is 12.2 Å². The van der Waals surface area contributed by atoms with Crippen LogP contribution in [0.3, 0.4) is 0 Å². The summed E-state index contributed by atoms with van der Waals surface area (Å²) in [4.78, 5) is 13.8. The van der Waals surface area contributed by atoms with Crippen LogP contribution in [0.5, 0.6) is 0 Å². The quantitative estimate of drug-likeness (QED) is 0.611. The van der Waals surface area contributed by atoms with Gasteiger partial charge in [0.05, 0.1) is 17.1 Å². The molecule has 1 rings (SSSR count). The molecule has 0 aromatic heterocycles. The number of hydrogen-bond acceptors (Lipinski definition) is 5. The smallest absolute Gasteiger partial charge is 0.444 e. The molecular formula is C16H30BNO5. The molecule has 23 heavy (non-hydrogen) atoms. The van der Waals surface area contributed by atoms with Gasteiger partial charge < -0.3 is 24.4 Å². The Hall–Kier alpha value is -1.05. The van der Waals surface area contributed by atoms with E-state index in [-0.39, 0.29) is 0 Å². The van der Waals surface area contributed by atoms with Crippen LogP contribution in [0.1, 0.15) is 54.9 Å². The monoisotopic (exact) mass is 327 g/mol. The van der Waals surface area contributed by atoms with Gasteiger partial charge in [0.2, 0.25) is 0 Å². The van der Waals surface area contributed by atoms with Crippen LogP contribution in [-0.4, -0.2) is 57.5 Å². The normalized spacial score (nSPS) is 19.7. The maximum atomic E-state index is 12.3. The second-order valence-electron chi connectivity index (χ2n) is 7.98. The first-order chi connectivity index (χ1) is 10.2. The predicted octanol–water partition coefficient (Wildman–Crippen LogP) is 2.14. The summed E-state index contributed by atoms with van der Waals surface area (Å²) in [5, 5.41) is 20.6. The molecule has 7 heteroatoms. The Morgan fingerprint density at radius 2 is 1.74 bits per heavy atom. The van der Waals surface area contributed by atoms with Crippen molar-refractivity contribution in [1.82, 2.24) is 4.90 Å². The van der Waals surface area contributed by atoms with E-state index >= 15 is 0 Å². The van der Waals surface area contributed by atoms with Gasteiger partial charge in [-0.25, -0.2) is 4.79 Å². The van der Waals surface area contributed by atoms with Gasteiger partial charge in [0.1, 0.15) is 5.60 Å². The van der Waals surface area contributed by atoms with Gasteiger partial charge in [0.15, 0.2) is 0 Å². The third kappa shape index (κ3) is 5.51. The van der Waals surface area contributed by atoms with Gasteiger partial charge >= 0.3 is 13.2 Å². The maximum Gasteiger partial charge on any atom is 0.479 e. The van der Waals surface area contributed by atoms with E-state index in [9.17, 15) is 14.9 Å². The van der Waals surface area contributed by atoms with Crippen molar-refractivity contribution in [2.75, 3.05) is 6.54 Å². The van der Waals surface area contributed by atoms with Gasteiger partial charge in [-0.3, -0.25) is 0 Å². The first-order valence-corrected chi connectivity index (χ1v) is 7.97. The van der Waals surface area contributed by atoms with Crippen molar-refractivity contribution >= 4 is 13.2 Å². The fourth-order valence-corrected chi connectivity index (χ4v) is 2.01. The number of nitrogens with zero attached hydrogens (tertiary/aromatic N) is 1. The average molecular weight is 327 g/mol. The Bertz CT molecular complexity index is 450. The van der Waals surface area contributed by atoms with Gasteiger partial charge in [-0.15, -0.1) is 0 Å². The molecule has 0 spiro atoms. The molecule has 2 N–H and O–H groups in total. The molecule has 0 aromatic rings. The van der Waals surface area contributed by atoms with Gasteiger partial charge in [-0.05, 0) is 54.9 Å².